The van der Waals surface area contributed by atoms with Gasteiger partial charge in [-0.3, -0.25) is 0 Å². The minimum Gasteiger partial charge on any atom is -0.314 e. The Bertz CT molecular complexity index is 992. The Morgan fingerprint density at radius 2 is 1.96 bits per heavy atom. The summed E-state index contributed by atoms with van der Waals surface area (Å²) in [5, 5.41) is 7.20. The summed E-state index contributed by atoms with van der Waals surface area (Å²) in [6.45, 7) is 4.08. The Hall–Kier alpha value is -2.45. The van der Waals surface area contributed by atoms with E-state index in [0.717, 1.165) is 49.4 Å². The van der Waals surface area contributed by atoms with Gasteiger partial charge in [0.05, 0.1) is 15.4 Å². The summed E-state index contributed by atoms with van der Waals surface area (Å²) in [6, 6.07) is 0. The number of nitrogens with one attached hydrogen (secondary N) is 1. The minimum atomic E-state index is 0.732. The molecule has 0 amide bonds. The van der Waals surface area contributed by atoms with Crippen LogP contribution in [0.4, 0.5) is 10.9 Å². The summed E-state index contributed by atoms with van der Waals surface area (Å²) in [4.78, 5) is 22.0. The van der Waals surface area contributed by atoms with Gasteiger partial charge in [0.15, 0.2) is 10.9 Å². The molecule has 24 heavy (non-hydrogen) atoms. The van der Waals surface area contributed by atoms with E-state index in [1.54, 1.807) is 35.1 Å². The van der Waals surface area contributed by atoms with Gasteiger partial charge in [-0.25, -0.2) is 24.9 Å². The highest BCUT2D eigenvalue weighted by atomic mass is 32.1. The molecule has 120 valence electrons. The highest BCUT2D eigenvalue weighted by molar-refractivity contribution is 7.19. The van der Waals surface area contributed by atoms with Crippen LogP contribution >= 0.6 is 22.7 Å². The normalized spacial score (nSPS) is 11.1. The molecule has 0 saturated heterocycles. The summed E-state index contributed by atoms with van der Waals surface area (Å²) < 4.78 is 1.09. The fourth-order valence-corrected chi connectivity index (χ4v) is 4.08. The van der Waals surface area contributed by atoms with Crippen LogP contribution in [0.5, 0.6) is 0 Å². The Kier molecular flexibility index (Phi) is 3.91. The minimum absolute atomic E-state index is 0.732. The van der Waals surface area contributed by atoms with Gasteiger partial charge < -0.3 is 5.32 Å². The van der Waals surface area contributed by atoms with E-state index in [2.05, 4.69) is 32.2 Å². The number of pyridine rings is 1. The van der Waals surface area contributed by atoms with Crippen molar-refractivity contribution < 1.29 is 0 Å². The molecule has 0 bridgehead atoms. The second-order valence-electron chi connectivity index (χ2n) is 5.21. The molecule has 0 aromatic carbocycles. The number of rotatable bonds is 4. The van der Waals surface area contributed by atoms with Crippen molar-refractivity contribution in [3.63, 3.8) is 0 Å². The molecule has 8 heteroatoms. The molecular formula is C16H14N6S2. The van der Waals surface area contributed by atoms with Crippen LogP contribution in [0.2, 0.25) is 0 Å². The fourth-order valence-electron chi connectivity index (χ4n) is 2.36. The van der Waals surface area contributed by atoms with Gasteiger partial charge in [0.1, 0.15) is 11.8 Å². The van der Waals surface area contributed by atoms with Gasteiger partial charge in [-0.05, 0) is 13.3 Å². The predicted octanol–water partition coefficient (Wildman–Crippen LogP) is 4.22. The molecule has 0 atom stereocenters. The number of thiazole rings is 2. The van der Waals surface area contributed by atoms with Crippen LogP contribution in [-0.2, 0) is 6.42 Å². The first kappa shape index (κ1) is 15.1. The monoisotopic (exact) mass is 354 g/mol. The van der Waals surface area contributed by atoms with Gasteiger partial charge in [0, 0.05) is 35.1 Å². The highest BCUT2D eigenvalue weighted by Gasteiger charge is 2.15. The number of nitrogens with zero attached hydrogens (tertiary/aromatic N) is 5. The molecule has 4 rings (SSSR count). The van der Waals surface area contributed by atoms with Gasteiger partial charge in [-0.2, -0.15) is 0 Å². The zero-order chi connectivity index (χ0) is 16.5. The van der Waals surface area contributed by atoms with Gasteiger partial charge in [0.25, 0.3) is 0 Å². The maximum Gasteiger partial charge on any atom is 0.188 e. The Balaban J connectivity index is 1.86. The number of hydrogen-bond donors (Lipinski definition) is 1. The van der Waals surface area contributed by atoms with Crippen molar-refractivity contribution in [2.45, 2.75) is 20.3 Å². The van der Waals surface area contributed by atoms with Crippen molar-refractivity contribution in [1.82, 2.24) is 24.9 Å². The third-order valence-electron chi connectivity index (χ3n) is 3.48. The molecule has 0 saturated carbocycles. The topological polar surface area (TPSA) is 76.5 Å². The summed E-state index contributed by atoms with van der Waals surface area (Å²) in [6.07, 6.45) is 7.86. The van der Waals surface area contributed by atoms with E-state index in [4.69, 9.17) is 4.98 Å². The van der Waals surface area contributed by atoms with Crippen molar-refractivity contribution >= 4 is 43.8 Å². The molecule has 1 N–H and O–H groups in total. The van der Waals surface area contributed by atoms with Crippen molar-refractivity contribution in [3.05, 3.63) is 41.0 Å². The van der Waals surface area contributed by atoms with Crippen LogP contribution < -0.4 is 5.32 Å². The van der Waals surface area contributed by atoms with Gasteiger partial charge in [0.2, 0.25) is 0 Å². The Morgan fingerprint density at radius 1 is 1.12 bits per heavy atom. The second-order valence-corrected chi connectivity index (χ2v) is 7.15. The van der Waals surface area contributed by atoms with Crippen LogP contribution in [0.1, 0.15) is 17.6 Å². The standard InChI is InChI=1S/C16H14N6S2/c1-3-12-21-13-14(24-12)11(10-4-17-8-18-5-10)6-19-15(13)22-16-20-9(2)7-23-16/h4-8H,3H2,1-2H3,(H,19,20,22). The number of anilines is 2. The lowest BCUT2D eigenvalue weighted by Crippen LogP contribution is -1.95. The Labute approximate surface area is 146 Å². The number of fused-ring (bicyclic) bond motifs is 1. The summed E-state index contributed by atoms with van der Waals surface area (Å²) >= 11 is 3.24. The van der Waals surface area contributed by atoms with Crippen LogP contribution in [0, 0.1) is 6.92 Å². The lowest BCUT2D eigenvalue weighted by atomic mass is 10.1. The van der Waals surface area contributed by atoms with Crippen LogP contribution in [0.3, 0.4) is 0 Å². The van der Waals surface area contributed by atoms with Crippen molar-refractivity contribution in [1.29, 1.82) is 0 Å². The third-order valence-corrected chi connectivity index (χ3v) is 5.59. The average molecular weight is 354 g/mol. The first-order valence-corrected chi connectivity index (χ1v) is 9.17. The maximum atomic E-state index is 4.75. The molecule has 0 aliphatic carbocycles. The molecule has 4 aromatic rings. The predicted molar refractivity (Wildman–Crippen MR) is 98.0 cm³/mol. The van der Waals surface area contributed by atoms with E-state index in [1.807, 2.05) is 18.5 Å². The quantitative estimate of drug-likeness (QED) is 0.591. The third kappa shape index (κ3) is 2.74. The zero-order valence-corrected chi connectivity index (χ0v) is 14.8. The van der Waals surface area contributed by atoms with Crippen LogP contribution in [0.25, 0.3) is 21.3 Å². The molecule has 0 unspecified atom stereocenters. The SMILES string of the molecule is CCc1nc2c(Nc3nc(C)cs3)ncc(-c3cncnc3)c2s1. The molecule has 4 aromatic heterocycles. The molecule has 0 fully saturated rings. The van der Waals surface area contributed by atoms with E-state index < -0.39 is 0 Å². The van der Waals surface area contributed by atoms with Gasteiger partial charge in [-0.1, -0.05) is 6.92 Å². The highest BCUT2D eigenvalue weighted by Crippen LogP contribution is 2.36. The smallest absolute Gasteiger partial charge is 0.188 e. The molecule has 0 aliphatic heterocycles. The number of aromatic nitrogens is 5. The van der Waals surface area contributed by atoms with E-state index in [9.17, 15) is 0 Å². The molecule has 6 nitrogen and oxygen atoms in total. The van der Waals surface area contributed by atoms with E-state index in [1.165, 1.54) is 6.33 Å². The Morgan fingerprint density at radius 3 is 2.67 bits per heavy atom. The molecule has 4 heterocycles. The van der Waals surface area contributed by atoms with Crippen molar-refractivity contribution in [2.24, 2.45) is 0 Å². The average Bonchev–Trinajstić information content (AvgIpc) is 3.22. The lowest BCUT2D eigenvalue weighted by Gasteiger charge is -2.06. The van der Waals surface area contributed by atoms with E-state index >= 15 is 0 Å². The molecule has 0 aliphatic rings. The van der Waals surface area contributed by atoms with Gasteiger partial charge >= 0.3 is 0 Å². The number of aryl methyl sites for hydroxylation is 2. The summed E-state index contributed by atoms with van der Waals surface area (Å²) in [5.41, 5.74) is 3.80. The lowest BCUT2D eigenvalue weighted by molar-refractivity contribution is 1.11. The summed E-state index contributed by atoms with van der Waals surface area (Å²) in [7, 11) is 0. The van der Waals surface area contributed by atoms with Gasteiger partial charge in [-0.15, -0.1) is 22.7 Å². The molecular weight excluding hydrogens is 340 g/mol. The second kappa shape index (κ2) is 6.21. The fraction of sp³-hybridized carbons (Fsp3) is 0.188. The maximum absolute atomic E-state index is 4.75. The van der Waals surface area contributed by atoms with E-state index in [0.29, 0.717) is 0 Å². The zero-order valence-electron chi connectivity index (χ0n) is 13.1. The summed E-state index contributed by atoms with van der Waals surface area (Å²) in [5.74, 6) is 0.732. The molecule has 0 radical (unpaired) electrons. The number of hydrogen-bond acceptors (Lipinski definition) is 8. The van der Waals surface area contributed by atoms with Crippen LogP contribution in [0.15, 0.2) is 30.3 Å². The molecule has 0 spiro atoms. The first-order valence-electron chi connectivity index (χ1n) is 7.47. The van der Waals surface area contributed by atoms with E-state index in [-0.39, 0.29) is 0 Å². The first-order chi connectivity index (χ1) is 11.7. The largest absolute Gasteiger partial charge is 0.314 e. The van der Waals surface area contributed by atoms with Crippen molar-refractivity contribution in [3.8, 4) is 11.1 Å². The van der Waals surface area contributed by atoms with Crippen molar-refractivity contribution in [2.75, 3.05) is 5.32 Å². The van der Waals surface area contributed by atoms with Crippen LogP contribution in [-0.4, -0.2) is 24.9 Å².